The van der Waals surface area contributed by atoms with Crippen molar-refractivity contribution in [3.8, 4) is 11.5 Å². The molecule has 2 aliphatic heterocycles. The summed E-state index contributed by atoms with van der Waals surface area (Å²) in [5.41, 5.74) is 3.72. The van der Waals surface area contributed by atoms with Crippen molar-refractivity contribution >= 4 is 17.5 Å². The molecule has 1 atom stereocenters. The number of ether oxygens (including phenoxy) is 3. The molecule has 0 aliphatic carbocycles. The third-order valence-corrected chi connectivity index (χ3v) is 5.98. The number of anilines is 1. The van der Waals surface area contributed by atoms with Gasteiger partial charge in [-0.2, -0.15) is 0 Å². The number of rotatable bonds is 7. The summed E-state index contributed by atoms with van der Waals surface area (Å²) in [6.07, 6.45) is 2.02. The number of benzene rings is 2. The minimum absolute atomic E-state index is 0.0172. The first-order valence-electron chi connectivity index (χ1n) is 11.1. The second kappa shape index (κ2) is 10.0. The fourth-order valence-electron chi connectivity index (χ4n) is 4.02. The second-order valence-corrected chi connectivity index (χ2v) is 8.36. The van der Waals surface area contributed by atoms with Gasteiger partial charge in [0.05, 0.1) is 19.1 Å². The van der Waals surface area contributed by atoms with Gasteiger partial charge in [0.1, 0.15) is 13.2 Å². The zero-order valence-electron chi connectivity index (χ0n) is 18.7. The Morgan fingerprint density at radius 2 is 1.88 bits per heavy atom. The molecule has 1 fully saturated rings. The average Bonchev–Trinajstić information content (AvgIpc) is 3.29. The number of carbonyl (C=O) groups excluding carboxylic acids is 2. The lowest BCUT2D eigenvalue weighted by Gasteiger charge is -2.26. The molecule has 2 aromatic carbocycles. The highest BCUT2D eigenvalue weighted by Crippen LogP contribution is 2.31. The summed E-state index contributed by atoms with van der Waals surface area (Å²) >= 11 is 0. The summed E-state index contributed by atoms with van der Waals surface area (Å²) in [5.74, 6) is 1.01. The Kier molecular flexibility index (Phi) is 6.95. The van der Waals surface area contributed by atoms with Gasteiger partial charge in [-0.3, -0.25) is 9.59 Å². The Hall–Kier alpha value is -3.06. The number of hydrogen-bond donors (Lipinski definition) is 1. The van der Waals surface area contributed by atoms with E-state index in [-0.39, 0.29) is 30.9 Å². The van der Waals surface area contributed by atoms with Gasteiger partial charge in [0.2, 0.25) is 11.8 Å². The van der Waals surface area contributed by atoms with E-state index in [1.807, 2.05) is 50.2 Å². The highest BCUT2D eigenvalue weighted by molar-refractivity contribution is 5.95. The van der Waals surface area contributed by atoms with Gasteiger partial charge in [0.25, 0.3) is 0 Å². The van der Waals surface area contributed by atoms with Crippen LogP contribution < -0.4 is 14.8 Å². The van der Waals surface area contributed by atoms with Crippen molar-refractivity contribution in [1.29, 1.82) is 0 Å². The normalized spacial score (nSPS) is 17.1. The number of aryl methyl sites for hydroxylation is 1. The van der Waals surface area contributed by atoms with Crippen molar-refractivity contribution in [3.63, 3.8) is 0 Å². The van der Waals surface area contributed by atoms with Crippen molar-refractivity contribution in [3.05, 3.63) is 53.1 Å². The average molecular weight is 439 g/mol. The molecule has 0 aromatic heterocycles. The molecule has 1 saturated heterocycles. The molecule has 0 bridgehead atoms. The van der Waals surface area contributed by atoms with Crippen LogP contribution in [0.25, 0.3) is 0 Å². The summed E-state index contributed by atoms with van der Waals surface area (Å²) in [7, 11) is 0. The van der Waals surface area contributed by atoms with E-state index in [4.69, 9.17) is 14.2 Å². The minimum atomic E-state index is -0.216. The standard InChI is InChI=1S/C25H30N2O5/c1-17-5-3-7-21(18(17)2)26-24(28)16-27(15-20-6-4-10-30-20)25(29)14-19-8-9-22-23(13-19)32-12-11-31-22/h3,5,7-9,13,20H,4,6,10-12,14-16H2,1-2H3,(H,26,28). The number of nitrogens with one attached hydrogen (secondary N) is 1. The molecule has 4 rings (SSSR count). The number of nitrogens with zero attached hydrogens (tertiary/aromatic N) is 1. The van der Waals surface area contributed by atoms with E-state index >= 15 is 0 Å². The van der Waals surface area contributed by atoms with Crippen molar-refractivity contribution in [2.45, 2.75) is 39.2 Å². The van der Waals surface area contributed by atoms with Gasteiger partial charge in [-0.05, 0) is 61.6 Å². The number of hydrogen-bond acceptors (Lipinski definition) is 5. The number of fused-ring (bicyclic) bond motifs is 1. The van der Waals surface area contributed by atoms with Crippen molar-refractivity contribution < 1.29 is 23.8 Å². The second-order valence-electron chi connectivity index (χ2n) is 8.36. The molecule has 7 heteroatoms. The molecular weight excluding hydrogens is 408 g/mol. The molecule has 7 nitrogen and oxygen atoms in total. The van der Waals surface area contributed by atoms with Crippen LogP contribution in [0.1, 0.15) is 29.5 Å². The Morgan fingerprint density at radius 1 is 1.06 bits per heavy atom. The zero-order valence-corrected chi connectivity index (χ0v) is 18.7. The van der Waals surface area contributed by atoms with Gasteiger partial charge in [-0.1, -0.05) is 18.2 Å². The van der Waals surface area contributed by atoms with Crippen LogP contribution in [0.4, 0.5) is 5.69 Å². The van der Waals surface area contributed by atoms with Crippen LogP contribution in [0, 0.1) is 13.8 Å². The largest absolute Gasteiger partial charge is 0.486 e. The Bertz CT molecular complexity index is 984. The van der Waals surface area contributed by atoms with Crippen LogP contribution >= 0.6 is 0 Å². The molecular formula is C25H30N2O5. The van der Waals surface area contributed by atoms with Crippen molar-refractivity contribution in [2.75, 3.05) is 38.2 Å². The first-order valence-corrected chi connectivity index (χ1v) is 11.1. The maximum absolute atomic E-state index is 13.2. The lowest BCUT2D eigenvalue weighted by molar-refractivity contribution is -0.135. The Morgan fingerprint density at radius 3 is 2.66 bits per heavy atom. The summed E-state index contributed by atoms with van der Waals surface area (Å²) in [5, 5.41) is 2.96. The molecule has 0 radical (unpaired) electrons. The molecule has 2 amide bonds. The summed E-state index contributed by atoms with van der Waals surface area (Å²) in [6, 6.07) is 11.3. The molecule has 0 saturated carbocycles. The van der Waals surface area contributed by atoms with Crippen LogP contribution in [0.15, 0.2) is 36.4 Å². The van der Waals surface area contributed by atoms with Crippen LogP contribution in [-0.4, -0.2) is 55.7 Å². The fourth-order valence-corrected chi connectivity index (χ4v) is 4.02. The van der Waals surface area contributed by atoms with Gasteiger partial charge in [-0.15, -0.1) is 0 Å². The first-order chi connectivity index (χ1) is 15.5. The minimum Gasteiger partial charge on any atom is -0.486 e. The predicted octanol–water partition coefficient (Wildman–Crippen LogP) is 3.26. The van der Waals surface area contributed by atoms with E-state index in [1.165, 1.54) is 0 Å². The highest BCUT2D eigenvalue weighted by Gasteiger charge is 2.25. The monoisotopic (exact) mass is 438 g/mol. The van der Waals surface area contributed by atoms with Crippen molar-refractivity contribution in [2.24, 2.45) is 0 Å². The molecule has 1 N–H and O–H groups in total. The molecule has 2 aliphatic rings. The summed E-state index contributed by atoms with van der Waals surface area (Å²) in [6.45, 7) is 6.08. The van der Waals surface area contributed by atoms with Crippen molar-refractivity contribution in [1.82, 2.24) is 4.90 Å². The van der Waals surface area contributed by atoms with Crippen LogP contribution in [0.2, 0.25) is 0 Å². The maximum Gasteiger partial charge on any atom is 0.244 e. The third kappa shape index (κ3) is 5.40. The van der Waals surface area contributed by atoms with Crippen LogP contribution in [-0.2, 0) is 20.7 Å². The van der Waals surface area contributed by atoms with E-state index < -0.39 is 0 Å². The van der Waals surface area contributed by atoms with E-state index in [0.29, 0.717) is 37.9 Å². The zero-order chi connectivity index (χ0) is 22.5. The maximum atomic E-state index is 13.2. The number of amides is 2. The Balaban J connectivity index is 1.45. The highest BCUT2D eigenvalue weighted by atomic mass is 16.6. The SMILES string of the molecule is Cc1cccc(NC(=O)CN(CC2CCCO2)C(=O)Cc2ccc3c(c2)OCCO3)c1C. The smallest absolute Gasteiger partial charge is 0.244 e. The van der Waals surface area contributed by atoms with E-state index in [2.05, 4.69) is 5.32 Å². The summed E-state index contributed by atoms with van der Waals surface area (Å²) in [4.78, 5) is 27.6. The van der Waals surface area contributed by atoms with E-state index in [1.54, 1.807) is 4.90 Å². The van der Waals surface area contributed by atoms with Gasteiger partial charge in [0, 0.05) is 18.8 Å². The van der Waals surface area contributed by atoms with Crippen LogP contribution in [0.3, 0.4) is 0 Å². The number of carbonyl (C=O) groups is 2. The first kappa shape index (κ1) is 22.1. The lowest BCUT2D eigenvalue weighted by atomic mass is 10.1. The molecule has 1 unspecified atom stereocenters. The van der Waals surface area contributed by atoms with Gasteiger partial charge < -0.3 is 24.4 Å². The molecule has 2 heterocycles. The van der Waals surface area contributed by atoms with Gasteiger partial charge in [-0.25, -0.2) is 0 Å². The lowest BCUT2D eigenvalue weighted by Crippen LogP contribution is -2.43. The predicted molar refractivity (Wildman–Crippen MR) is 121 cm³/mol. The summed E-state index contributed by atoms with van der Waals surface area (Å²) < 4.78 is 16.9. The molecule has 170 valence electrons. The van der Waals surface area contributed by atoms with E-state index in [0.717, 1.165) is 35.2 Å². The quantitative estimate of drug-likeness (QED) is 0.718. The molecule has 2 aromatic rings. The molecule has 32 heavy (non-hydrogen) atoms. The third-order valence-electron chi connectivity index (χ3n) is 5.98. The van der Waals surface area contributed by atoms with Gasteiger partial charge in [0.15, 0.2) is 11.5 Å². The van der Waals surface area contributed by atoms with E-state index in [9.17, 15) is 9.59 Å². The van der Waals surface area contributed by atoms with Gasteiger partial charge >= 0.3 is 0 Å². The topological polar surface area (TPSA) is 77.1 Å². The fraction of sp³-hybridized carbons (Fsp3) is 0.440. The van der Waals surface area contributed by atoms with Crippen LogP contribution in [0.5, 0.6) is 11.5 Å². The Labute approximate surface area is 188 Å². The molecule has 0 spiro atoms.